The summed E-state index contributed by atoms with van der Waals surface area (Å²) in [6.45, 7) is 13.6. The highest BCUT2D eigenvalue weighted by Gasteiger charge is 2.38. The highest BCUT2D eigenvalue weighted by Crippen LogP contribution is 2.50. The Balaban J connectivity index is 2.04. The van der Waals surface area contributed by atoms with Crippen LogP contribution < -0.4 is 4.74 Å². The molecule has 0 spiro atoms. The van der Waals surface area contributed by atoms with Crippen molar-refractivity contribution in [3.63, 3.8) is 0 Å². The lowest BCUT2D eigenvalue weighted by atomic mass is 9.72. The van der Waals surface area contributed by atoms with Crippen molar-refractivity contribution in [1.82, 2.24) is 0 Å². The van der Waals surface area contributed by atoms with Gasteiger partial charge in [-0.15, -0.1) is 0 Å². The predicted molar refractivity (Wildman–Crippen MR) is 94.3 cm³/mol. The topological polar surface area (TPSA) is 9.23 Å². The molecule has 2 aliphatic rings. The van der Waals surface area contributed by atoms with Crippen LogP contribution in [-0.4, -0.2) is 5.60 Å². The average Bonchev–Trinajstić information content (AvgIpc) is 2.43. The van der Waals surface area contributed by atoms with Gasteiger partial charge >= 0.3 is 0 Å². The largest absolute Gasteiger partial charge is 0.483 e. The Hall–Kier alpha value is -1.24. The molecule has 1 heterocycles. The highest BCUT2D eigenvalue weighted by atomic mass is 16.5. The normalized spacial score (nSPS) is 23.1. The quantitative estimate of drug-likeness (QED) is 0.643. The lowest BCUT2D eigenvalue weighted by Crippen LogP contribution is -2.37. The molecule has 1 aliphatic heterocycles. The van der Waals surface area contributed by atoms with E-state index in [2.05, 4.69) is 53.7 Å². The van der Waals surface area contributed by atoms with Crippen molar-refractivity contribution in [3.05, 3.63) is 34.4 Å². The Labute approximate surface area is 135 Å². The third kappa shape index (κ3) is 2.59. The summed E-state index contributed by atoms with van der Waals surface area (Å²) in [4.78, 5) is 0. The molecule has 1 aromatic carbocycles. The van der Waals surface area contributed by atoms with E-state index in [0.29, 0.717) is 0 Å². The molecule has 0 fully saturated rings. The molecule has 0 amide bonds. The van der Waals surface area contributed by atoms with E-state index >= 15 is 0 Å². The zero-order chi connectivity index (χ0) is 16.1. The fourth-order valence-corrected chi connectivity index (χ4v) is 4.26. The van der Waals surface area contributed by atoms with Crippen molar-refractivity contribution < 1.29 is 4.74 Å². The monoisotopic (exact) mass is 298 g/mol. The number of aryl methyl sites for hydroxylation is 1. The standard InChI is InChI=1S/C21H30O/c1-13(2)11-16-8-10-17-18-9-7-14(3)15(4)20(18)22-21(5,6)19(17)12-16/h7,9,13,16H,8,10-12H2,1-6H3. The van der Waals surface area contributed by atoms with Gasteiger partial charge in [-0.2, -0.15) is 0 Å². The van der Waals surface area contributed by atoms with Crippen LogP contribution in [0.5, 0.6) is 5.75 Å². The predicted octanol–water partition coefficient (Wildman–Crippen LogP) is 6.07. The maximum atomic E-state index is 6.50. The summed E-state index contributed by atoms with van der Waals surface area (Å²) in [6.07, 6.45) is 5.11. The summed E-state index contributed by atoms with van der Waals surface area (Å²) in [6, 6.07) is 4.53. The van der Waals surface area contributed by atoms with Crippen molar-refractivity contribution in [2.75, 3.05) is 0 Å². The van der Waals surface area contributed by atoms with Crippen LogP contribution in [0.3, 0.4) is 0 Å². The maximum absolute atomic E-state index is 6.50. The third-order valence-corrected chi connectivity index (χ3v) is 5.55. The van der Waals surface area contributed by atoms with E-state index in [0.717, 1.165) is 17.6 Å². The summed E-state index contributed by atoms with van der Waals surface area (Å²) >= 11 is 0. The fourth-order valence-electron chi connectivity index (χ4n) is 4.26. The molecular weight excluding hydrogens is 268 g/mol. The Morgan fingerprint density at radius 2 is 1.95 bits per heavy atom. The van der Waals surface area contributed by atoms with E-state index in [1.807, 2.05) is 0 Å². The summed E-state index contributed by atoms with van der Waals surface area (Å²) < 4.78 is 6.50. The summed E-state index contributed by atoms with van der Waals surface area (Å²) in [5.41, 5.74) is 6.97. The number of ether oxygens (including phenoxy) is 1. The SMILES string of the molecule is Cc1ccc2c(c1C)OC(C)(C)C1=C2CCC(CC(C)C)C1. The average molecular weight is 298 g/mol. The van der Waals surface area contributed by atoms with Gasteiger partial charge in [0.15, 0.2) is 0 Å². The molecule has 1 atom stereocenters. The first-order chi connectivity index (χ1) is 10.3. The molecule has 1 aliphatic carbocycles. The van der Waals surface area contributed by atoms with E-state index in [1.165, 1.54) is 42.4 Å². The van der Waals surface area contributed by atoms with Gasteiger partial charge in [-0.3, -0.25) is 0 Å². The Morgan fingerprint density at radius 1 is 1.23 bits per heavy atom. The molecule has 0 radical (unpaired) electrons. The van der Waals surface area contributed by atoms with Crippen molar-refractivity contribution in [2.24, 2.45) is 11.8 Å². The number of rotatable bonds is 2. The van der Waals surface area contributed by atoms with Gasteiger partial charge in [-0.1, -0.05) is 26.0 Å². The van der Waals surface area contributed by atoms with Gasteiger partial charge in [0.25, 0.3) is 0 Å². The molecule has 1 heteroatoms. The molecule has 3 rings (SSSR count). The van der Waals surface area contributed by atoms with Gasteiger partial charge < -0.3 is 4.74 Å². The van der Waals surface area contributed by atoms with E-state index in [-0.39, 0.29) is 5.60 Å². The number of hydrogen-bond donors (Lipinski definition) is 0. The minimum Gasteiger partial charge on any atom is -0.483 e. The Bertz CT molecular complexity index is 619. The number of benzene rings is 1. The number of hydrogen-bond acceptors (Lipinski definition) is 1. The molecule has 1 nitrogen and oxygen atoms in total. The van der Waals surface area contributed by atoms with Crippen molar-refractivity contribution in [3.8, 4) is 5.75 Å². The second-order valence-electron chi connectivity index (χ2n) is 8.19. The minimum absolute atomic E-state index is 0.156. The maximum Gasteiger partial charge on any atom is 0.131 e. The van der Waals surface area contributed by atoms with Gasteiger partial charge in [0, 0.05) is 5.56 Å². The Kier molecular flexibility index (Phi) is 3.87. The fraction of sp³-hybridized carbons (Fsp3) is 0.619. The van der Waals surface area contributed by atoms with E-state index < -0.39 is 0 Å². The van der Waals surface area contributed by atoms with Crippen LogP contribution in [0.4, 0.5) is 0 Å². The molecule has 1 unspecified atom stereocenters. The van der Waals surface area contributed by atoms with Crippen molar-refractivity contribution in [1.29, 1.82) is 0 Å². The molecule has 120 valence electrons. The molecule has 0 bridgehead atoms. The third-order valence-electron chi connectivity index (χ3n) is 5.55. The van der Waals surface area contributed by atoms with Crippen LogP contribution in [0.25, 0.3) is 5.57 Å². The zero-order valence-electron chi connectivity index (χ0n) is 15.0. The smallest absolute Gasteiger partial charge is 0.131 e. The summed E-state index contributed by atoms with van der Waals surface area (Å²) in [7, 11) is 0. The van der Waals surface area contributed by atoms with E-state index in [9.17, 15) is 0 Å². The van der Waals surface area contributed by atoms with E-state index in [1.54, 1.807) is 11.1 Å². The highest BCUT2D eigenvalue weighted by molar-refractivity contribution is 5.78. The second-order valence-corrected chi connectivity index (χ2v) is 8.19. The molecule has 1 aromatic rings. The lowest BCUT2D eigenvalue weighted by molar-refractivity contribution is 0.130. The van der Waals surface area contributed by atoms with Gasteiger partial charge in [0.1, 0.15) is 11.4 Å². The Morgan fingerprint density at radius 3 is 2.64 bits per heavy atom. The second kappa shape index (κ2) is 5.44. The number of allylic oxidation sites excluding steroid dienone is 1. The molecule has 0 N–H and O–H groups in total. The first-order valence-electron chi connectivity index (χ1n) is 8.81. The van der Waals surface area contributed by atoms with Crippen LogP contribution >= 0.6 is 0 Å². The van der Waals surface area contributed by atoms with Gasteiger partial charge in [-0.25, -0.2) is 0 Å². The van der Waals surface area contributed by atoms with Gasteiger partial charge in [0.05, 0.1) is 0 Å². The van der Waals surface area contributed by atoms with Crippen molar-refractivity contribution >= 4 is 5.57 Å². The molecule has 0 saturated heterocycles. The van der Waals surface area contributed by atoms with E-state index in [4.69, 9.17) is 4.74 Å². The summed E-state index contributed by atoms with van der Waals surface area (Å²) in [5, 5.41) is 0. The summed E-state index contributed by atoms with van der Waals surface area (Å²) in [5.74, 6) is 2.75. The van der Waals surface area contributed by atoms with Crippen molar-refractivity contribution in [2.45, 2.75) is 72.8 Å². The van der Waals surface area contributed by atoms with Gasteiger partial charge in [0.2, 0.25) is 0 Å². The molecular formula is C21H30O. The van der Waals surface area contributed by atoms with Crippen LogP contribution in [0.1, 0.15) is 70.1 Å². The zero-order valence-corrected chi connectivity index (χ0v) is 15.0. The van der Waals surface area contributed by atoms with Crippen LogP contribution in [-0.2, 0) is 0 Å². The molecule has 0 aromatic heterocycles. The molecule has 22 heavy (non-hydrogen) atoms. The van der Waals surface area contributed by atoms with Gasteiger partial charge in [-0.05, 0) is 87.5 Å². The van der Waals surface area contributed by atoms with Crippen LogP contribution in [0, 0.1) is 25.7 Å². The van der Waals surface area contributed by atoms with Crippen LogP contribution in [0.2, 0.25) is 0 Å². The molecule has 0 saturated carbocycles. The minimum atomic E-state index is -0.156. The number of fused-ring (bicyclic) bond motifs is 2. The first-order valence-corrected chi connectivity index (χ1v) is 8.81. The lowest BCUT2D eigenvalue weighted by Gasteiger charge is -2.42. The van der Waals surface area contributed by atoms with Crippen LogP contribution in [0.15, 0.2) is 17.7 Å². The first kappa shape index (κ1) is 15.6.